The summed E-state index contributed by atoms with van der Waals surface area (Å²) in [6, 6.07) is 8.93. The van der Waals surface area contributed by atoms with Gasteiger partial charge < -0.3 is 0 Å². The van der Waals surface area contributed by atoms with Crippen LogP contribution in [-0.4, -0.2) is 21.1 Å². The molecule has 0 saturated heterocycles. The summed E-state index contributed by atoms with van der Waals surface area (Å²) in [7, 11) is 6.57. The fourth-order valence-corrected chi connectivity index (χ4v) is 1.40. The van der Waals surface area contributed by atoms with Crippen molar-refractivity contribution in [2.75, 3.05) is 21.1 Å². The second-order valence-electron chi connectivity index (χ2n) is 4.43. The molecule has 1 rings (SSSR count). The Bertz CT molecular complexity index is 253. The van der Waals surface area contributed by atoms with Gasteiger partial charge in [-0.25, -0.2) is 0 Å². The van der Waals surface area contributed by atoms with Crippen molar-refractivity contribution >= 4 is 5.69 Å². The van der Waals surface area contributed by atoms with Gasteiger partial charge in [-0.3, -0.25) is 4.48 Å². The lowest BCUT2D eigenvalue weighted by atomic mass is 10.1. The van der Waals surface area contributed by atoms with Gasteiger partial charge in [0.1, 0.15) is 5.69 Å². The molecule has 1 nitrogen and oxygen atoms in total. The molecule has 13 heavy (non-hydrogen) atoms. The minimum Gasteiger partial charge on any atom is -0.298 e. The largest absolute Gasteiger partial charge is 0.298 e. The second kappa shape index (κ2) is 3.93. The Balaban J connectivity index is 2.81. The van der Waals surface area contributed by atoms with Crippen molar-refractivity contribution < 1.29 is 0 Å². The summed E-state index contributed by atoms with van der Waals surface area (Å²) in [6.07, 6.45) is 2.42. The zero-order valence-corrected chi connectivity index (χ0v) is 9.17. The smallest absolute Gasteiger partial charge is 0.132 e. The molecule has 1 aromatic carbocycles. The molecule has 0 aliphatic rings. The molecule has 0 N–H and O–H groups in total. The van der Waals surface area contributed by atoms with Crippen LogP contribution in [0.2, 0.25) is 0 Å². The molecule has 0 spiro atoms. The number of aryl methyl sites for hydroxylation is 1. The Morgan fingerprint density at radius 2 is 1.54 bits per heavy atom. The van der Waals surface area contributed by atoms with E-state index in [2.05, 4.69) is 52.3 Å². The van der Waals surface area contributed by atoms with Gasteiger partial charge in [0.2, 0.25) is 0 Å². The summed E-state index contributed by atoms with van der Waals surface area (Å²) in [5.41, 5.74) is 2.81. The lowest BCUT2D eigenvalue weighted by Crippen LogP contribution is -2.34. The van der Waals surface area contributed by atoms with E-state index in [1.165, 1.54) is 24.1 Å². The molecule has 0 amide bonds. The number of hydrogen-bond donors (Lipinski definition) is 0. The van der Waals surface area contributed by atoms with Crippen LogP contribution in [0.1, 0.15) is 18.9 Å². The van der Waals surface area contributed by atoms with Gasteiger partial charge in [0.05, 0.1) is 21.1 Å². The third kappa shape index (κ3) is 2.85. The van der Waals surface area contributed by atoms with E-state index in [-0.39, 0.29) is 0 Å². The third-order valence-corrected chi connectivity index (χ3v) is 2.25. The Morgan fingerprint density at radius 3 is 1.92 bits per heavy atom. The number of quaternary nitrogens is 1. The number of rotatable bonds is 3. The molecule has 72 valence electrons. The van der Waals surface area contributed by atoms with Crippen molar-refractivity contribution in [3.8, 4) is 0 Å². The van der Waals surface area contributed by atoms with E-state index in [1.54, 1.807) is 0 Å². The maximum atomic E-state index is 2.24. The Kier molecular flexibility index (Phi) is 3.10. The molecule has 1 heteroatoms. The molecular weight excluding hydrogens is 158 g/mol. The third-order valence-electron chi connectivity index (χ3n) is 2.25. The summed E-state index contributed by atoms with van der Waals surface area (Å²) in [5.74, 6) is 0. The van der Waals surface area contributed by atoms with Crippen LogP contribution in [0.5, 0.6) is 0 Å². The standard InChI is InChI=1S/C12H20N/c1-5-6-11-7-9-12(10-8-11)13(2,3)4/h7-10H,5-6H2,1-4H3/q+1. The van der Waals surface area contributed by atoms with Crippen LogP contribution in [-0.2, 0) is 6.42 Å². The summed E-state index contributed by atoms with van der Waals surface area (Å²) in [4.78, 5) is 0. The fourth-order valence-electron chi connectivity index (χ4n) is 1.40. The molecule has 0 radical (unpaired) electrons. The van der Waals surface area contributed by atoms with E-state index >= 15 is 0 Å². The minimum atomic E-state index is 0.895. The molecule has 0 aliphatic heterocycles. The lowest BCUT2D eigenvalue weighted by molar-refractivity contribution is 0.486. The first kappa shape index (κ1) is 10.3. The van der Waals surface area contributed by atoms with Crippen LogP contribution in [0.15, 0.2) is 24.3 Å². The summed E-state index contributed by atoms with van der Waals surface area (Å²) >= 11 is 0. The predicted octanol–water partition coefficient (Wildman–Crippen LogP) is 2.84. The van der Waals surface area contributed by atoms with Crippen LogP contribution >= 0.6 is 0 Å². The molecular formula is C12H20N+. The highest BCUT2D eigenvalue weighted by molar-refractivity contribution is 5.42. The van der Waals surface area contributed by atoms with Gasteiger partial charge in [0.25, 0.3) is 0 Å². The van der Waals surface area contributed by atoms with Crippen molar-refractivity contribution in [3.05, 3.63) is 29.8 Å². The maximum absolute atomic E-state index is 2.24. The van der Waals surface area contributed by atoms with Crippen molar-refractivity contribution in [3.63, 3.8) is 0 Å². The van der Waals surface area contributed by atoms with Crippen LogP contribution < -0.4 is 4.48 Å². The average Bonchev–Trinajstić information content (AvgIpc) is 2.04. The van der Waals surface area contributed by atoms with Crippen molar-refractivity contribution in [2.24, 2.45) is 0 Å². The van der Waals surface area contributed by atoms with Gasteiger partial charge in [-0.2, -0.15) is 0 Å². The second-order valence-corrected chi connectivity index (χ2v) is 4.43. The first-order valence-corrected chi connectivity index (χ1v) is 4.95. The Morgan fingerprint density at radius 1 is 1.00 bits per heavy atom. The van der Waals surface area contributed by atoms with Gasteiger partial charge in [-0.15, -0.1) is 0 Å². The number of benzene rings is 1. The summed E-state index contributed by atoms with van der Waals surface area (Å²) in [5, 5.41) is 0. The SMILES string of the molecule is CCCc1ccc([N+](C)(C)C)cc1. The Hall–Kier alpha value is -0.820. The first-order chi connectivity index (χ1) is 6.04. The molecule has 0 fully saturated rings. The lowest BCUT2D eigenvalue weighted by Gasteiger charge is -2.23. The zero-order valence-electron chi connectivity index (χ0n) is 9.17. The van der Waals surface area contributed by atoms with Crippen LogP contribution in [0.4, 0.5) is 5.69 Å². The van der Waals surface area contributed by atoms with Gasteiger partial charge in [0.15, 0.2) is 0 Å². The van der Waals surface area contributed by atoms with Crippen LogP contribution in [0, 0.1) is 0 Å². The van der Waals surface area contributed by atoms with E-state index in [0.29, 0.717) is 0 Å². The van der Waals surface area contributed by atoms with Gasteiger partial charge >= 0.3 is 0 Å². The topological polar surface area (TPSA) is 0 Å². The molecule has 0 aliphatic carbocycles. The van der Waals surface area contributed by atoms with E-state index in [9.17, 15) is 0 Å². The predicted molar refractivity (Wildman–Crippen MR) is 60.0 cm³/mol. The molecule has 0 heterocycles. The van der Waals surface area contributed by atoms with Gasteiger partial charge in [0, 0.05) is 0 Å². The molecule has 0 atom stereocenters. The quantitative estimate of drug-likeness (QED) is 0.624. The maximum Gasteiger partial charge on any atom is 0.132 e. The zero-order chi connectivity index (χ0) is 9.90. The fraction of sp³-hybridized carbons (Fsp3) is 0.500. The molecule has 0 saturated carbocycles. The van der Waals surface area contributed by atoms with E-state index in [0.717, 1.165) is 4.48 Å². The van der Waals surface area contributed by atoms with Crippen molar-refractivity contribution in [1.29, 1.82) is 0 Å². The molecule has 0 bridgehead atoms. The van der Waals surface area contributed by atoms with E-state index < -0.39 is 0 Å². The normalized spacial score (nSPS) is 11.7. The first-order valence-electron chi connectivity index (χ1n) is 4.95. The monoisotopic (exact) mass is 178 g/mol. The van der Waals surface area contributed by atoms with Crippen molar-refractivity contribution in [1.82, 2.24) is 4.48 Å². The average molecular weight is 178 g/mol. The van der Waals surface area contributed by atoms with Gasteiger partial charge in [-0.1, -0.05) is 25.5 Å². The summed E-state index contributed by atoms with van der Waals surface area (Å²) in [6.45, 7) is 2.22. The Labute approximate surface area is 81.6 Å². The van der Waals surface area contributed by atoms with Gasteiger partial charge in [-0.05, 0) is 24.1 Å². The number of nitrogens with zero attached hydrogens (tertiary/aromatic N) is 1. The molecule has 0 unspecified atom stereocenters. The van der Waals surface area contributed by atoms with Crippen LogP contribution in [0.3, 0.4) is 0 Å². The summed E-state index contributed by atoms with van der Waals surface area (Å²) < 4.78 is 0.895. The molecule has 1 aromatic rings. The number of hydrogen-bond acceptors (Lipinski definition) is 0. The highest BCUT2D eigenvalue weighted by Crippen LogP contribution is 2.17. The van der Waals surface area contributed by atoms with Crippen LogP contribution in [0.25, 0.3) is 0 Å². The van der Waals surface area contributed by atoms with E-state index in [1.807, 2.05) is 0 Å². The van der Waals surface area contributed by atoms with Crippen molar-refractivity contribution in [2.45, 2.75) is 19.8 Å². The highest BCUT2D eigenvalue weighted by Gasteiger charge is 2.10. The van der Waals surface area contributed by atoms with E-state index in [4.69, 9.17) is 0 Å². The molecule has 0 aromatic heterocycles. The highest BCUT2D eigenvalue weighted by atomic mass is 15.3. The minimum absolute atomic E-state index is 0.895.